The fourth-order valence-corrected chi connectivity index (χ4v) is 5.65. The molecule has 0 bridgehead atoms. The van der Waals surface area contributed by atoms with E-state index in [1.54, 1.807) is 0 Å². The fraction of sp³-hybridized carbons (Fsp3) is 0.559. The van der Waals surface area contributed by atoms with Crippen LogP contribution in [0.1, 0.15) is 88.2 Å². The summed E-state index contributed by atoms with van der Waals surface area (Å²) in [6.07, 6.45) is 14.2. The number of hydrogen-bond acceptors (Lipinski definition) is 4. The average molecular weight is 519 g/mol. The summed E-state index contributed by atoms with van der Waals surface area (Å²) >= 11 is 0. The van der Waals surface area contributed by atoms with E-state index in [0.29, 0.717) is 13.2 Å². The smallest absolute Gasteiger partial charge is 0.309 e. The standard InChI is InChI=1S/C34H46O4/c1-26-8-16-30(17-9-26)34(35)38-33-22-14-29(15-23-33)7-4-3-6-28-12-20-32(21-13-28)37-25-5-24-36-31-18-10-27(2)11-19-31/h10-13,18-21,29-30,33H,1,3-9,14-17,22-25H2,2H3. The molecule has 2 aliphatic carbocycles. The van der Waals surface area contributed by atoms with E-state index in [-0.39, 0.29) is 18.0 Å². The lowest BCUT2D eigenvalue weighted by molar-refractivity contribution is -0.156. The number of allylic oxidation sites excluding steroid dienone is 1. The molecule has 2 saturated carbocycles. The van der Waals surface area contributed by atoms with Crippen LogP contribution in [0.5, 0.6) is 11.5 Å². The second-order valence-electron chi connectivity index (χ2n) is 11.4. The molecule has 206 valence electrons. The molecule has 2 fully saturated rings. The van der Waals surface area contributed by atoms with Crippen LogP contribution in [0.25, 0.3) is 0 Å². The van der Waals surface area contributed by atoms with Crippen molar-refractivity contribution >= 4 is 5.97 Å². The maximum absolute atomic E-state index is 12.5. The molecule has 0 atom stereocenters. The van der Waals surface area contributed by atoms with Gasteiger partial charge in [-0.3, -0.25) is 4.79 Å². The Hall–Kier alpha value is -2.75. The van der Waals surface area contributed by atoms with Crippen molar-refractivity contribution in [2.45, 2.75) is 96.5 Å². The Kier molecular flexibility index (Phi) is 11.2. The third-order valence-corrected chi connectivity index (χ3v) is 8.20. The van der Waals surface area contributed by atoms with Gasteiger partial charge < -0.3 is 14.2 Å². The van der Waals surface area contributed by atoms with Crippen molar-refractivity contribution in [2.75, 3.05) is 13.2 Å². The highest BCUT2D eigenvalue weighted by molar-refractivity contribution is 5.72. The summed E-state index contributed by atoms with van der Waals surface area (Å²) in [6, 6.07) is 16.7. The van der Waals surface area contributed by atoms with Crippen molar-refractivity contribution in [3.63, 3.8) is 0 Å². The van der Waals surface area contributed by atoms with Crippen molar-refractivity contribution in [2.24, 2.45) is 11.8 Å². The molecule has 4 rings (SSSR count). The lowest BCUT2D eigenvalue weighted by Gasteiger charge is -2.30. The lowest BCUT2D eigenvalue weighted by Crippen LogP contribution is -2.29. The first kappa shape index (κ1) is 28.3. The molecule has 4 heteroatoms. The first-order chi connectivity index (χ1) is 18.5. The van der Waals surface area contributed by atoms with E-state index in [0.717, 1.165) is 68.8 Å². The van der Waals surface area contributed by atoms with Gasteiger partial charge in [-0.25, -0.2) is 0 Å². The van der Waals surface area contributed by atoms with Crippen molar-refractivity contribution in [3.8, 4) is 11.5 Å². The third-order valence-electron chi connectivity index (χ3n) is 8.20. The zero-order chi connectivity index (χ0) is 26.6. The predicted octanol–water partition coefficient (Wildman–Crippen LogP) is 8.40. The van der Waals surface area contributed by atoms with Crippen molar-refractivity contribution in [3.05, 3.63) is 71.8 Å². The molecule has 4 nitrogen and oxygen atoms in total. The number of ether oxygens (including phenoxy) is 3. The van der Waals surface area contributed by atoms with E-state index in [4.69, 9.17) is 14.2 Å². The van der Waals surface area contributed by atoms with E-state index in [1.807, 2.05) is 12.1 Å². The van der Waals surface area contributed by atoms with Crippen LogP contribution in [0.4, 0.5) is 0 Å². The van der Waals surface area contributed by atoms with Crippen molar-refractivity contribution in [1.29, 1.82) is 0 Å². The van der Waals surface area contributed by atoms with Crippen LogP contribution in [-0.4, -0.2) is 25.3 Å². The highest BCUT2D eigenvalue weighted by Gasteiger charge is 2.28. The van der Waals surface area contributed by atoms with Crippen LogP contribution in [0.15, 0.2) is 60.7 Å². The number of hydrogen-bond donors (Lipinski definition) is 0. The minimum Gasteiger partial charge on any atom is -0.493 e. The normalized spacial score (nSPS) is 20.2. The molecule has 0 heterocycles. The zero-order valence-electron chi connectivity index (χ0n) is 23.3. The summed E-state index contributed by atoms with van der Waals surface area (Å²) in [5.41, 5.74) is 3.90. The van der Waals surface area contributed by atoms with Crippen LogP contribution in [-0.2, 0) is 16.0 Å². The quantitative estimate of drug-likeness (QED) is 0.152. The molecular formula is C34H46O4. The SMILES string of the molecule is C=C1CCC(C(=O)OC2CCC(CCCCc3ccc(OCCCOc4ccc(C)cc4)cc3)CC2)CC1. The lowest BCUT2D eigenvalue weighted by atomic mass is 9.83. The highest BCUT2D eigenvalue weighted by Crippen LogP contribution is 2.33. The van der Waals surface area contributed by atoms with Crippen LogP contribution < -0.4 is 9.47 Å². The number of aryl methyl sites for hydroxylation is 2. The second-order valence-corrected chi connectivity index (χ2v) is 11.4. The van der Waals surface area contributed by atoms with Gasteiger partial charge in [-0.2, -0.15) is 0 Å². The maximum atomic E-state index is 12.5. The number of rotatable bonds is 13. The molecule has 0 unspecified atom stereocenters. The molecule has 2 aliphatic rings. The van der Waals surface area contributed by atoms with Gasteiger partial charge in [0, 0.05) is 6.42 Å². The third kappa shape index (κ3) is 9.53. The number of carbonyl (C=O) groups is 1. The molecule has 38 heavy (non-hydrogen) atoms. The van der Waals surface area contributed by atoms with Gasteiger partial charge in [0.15, 0.2) is 0 Å². The molecule has 2 aromatic rings. The number of benzene rings is 2. The molecule has 0 N–H and O–H groups in total. The topological polar surface area (TPSA) is 44.8 Å². The largest absolute Gasteiger partial charge is 0.493 e. The van der Waals surface area contributed by atoms with Gasteiger partial charge >= 0.3 is 5.97 Å². The maximum Gasteiger partial charge on any atom is 0.309 e. The minimum atomic E-state index is 0.0458. The van der Waals surface area contributed by atoms with E-state index < -0.39 is 0 Å². The van der Waals surface area contributed by atoms with Gasteiger partial charge in [0.05, 0.1) is 19.1 Å². The summed E-state index contributed by atoms with van der Waals surface area (Å²) in [4.78, 5) is 12.5. The van der Waals surface area contributed by atoms with Crippen LogP contribution in [0.3, 0.4) is 0 Å². The molecule has 0 saturated heterocycles. The number of carbonyl (C=O) groups excluding carboxylic acids is 1. The summed E-state index contributed by atoms with van der Waals surface area (Å²) in [5, 5.41) is 0. The van der Waals surface area contributed by atoms with Gasteiger partial charge in [-0.05, 0) is 107 Å². The average Bonchev–Trinajstić information content (AvgIpc) is 2.94. The Labute approximate surface area is 229 Å². The summed E-state index contributed by atoms with van der Waals surface area (Å²) in [5.74, 6) is 2.77. The van der Waals surface area contributed by atoms with E-state index >= 15 is 0 Å². The Bertz CT molecular complexity index is 976. The van der Waals surface area contributed by atoms with Crippen LogP contribution in [0.2, 0.25) is 0 Å². The van der Waals surface area contributed by atoms with Gasteiger partial charge in [0.1, 0.15) is 17.6 Å². The van der Waals surface area contributed by atoms with Crippen molar-refractivity contribution in [1.82, 2.24) is 0 Å². The Balaban J connectivity index is 1.02. The van der Waals surface area contributed by atoms with Gasteiger partial charge in [-0.15, -0.1) is 0 Å². The Morgan fingerprint density at radius 2 is 1.39 bits per heavy atom. The summed E-state index contributed by atoms with van der Waals surface area (Å²) in [7, 11) is 0. The van der Waals surface area contributed by atoms with E-state index in [2.05, 4.69) is 49.9 Å². The molecule has 0 radical (unpaired) electrons. The first-order valence-corrected chi connectivity index (χ1v) is 14.8. The molecule has 0 aromatic heterocycles. The van der Waals surface area contributed by atoms with E-state index in [9.17, 15) is 4.79 Å². The second kappa shape index (κ2) is 15.0. The van der Waals surface area contributed by atoms with Gasteiger partial charge in [0.2, 0.25) is 0 Å². The fourth-order valence-electron chi connectivity index (χ4n) is 5.65. The molecule has 0 spiro atoms. The monoisotopic (exact) mass is 518 g/mol. The molecule has 0 amide bonds. The predicted molar refractivity (Wildman–Crippen MR) is 154 cm³/mol. The summed E-state index contributed by atoms with van der Waals surface area (Å²) < 4.78 is 17.5. The first-order valence-electron chi connectivity index (χ1n) is 14.8. The Morgan fingerprint density at radius 1 is 0.789 bits per heavy atom. The van der Waals surface area contributed by atoms with Gasteiger partial charge in [0.25, 0.3) is 0 Å². The minimum absolute atomic E-state index is 0.0458. The van der Waals surface area contributed by atoms with E-state index in [1.165, 1.54) is 48.8 Å². The molecule has 0 aliphatic heterocycles. The molecule has 2 aromatic carbocycles. The Morgan fingerprint density at radius 3 is 2.03 bits per heavy atom. The number of unbranched alkanes of at least 4 members (excludes halogenated alkanes) is 1. The van der Waals surface area contributed by atoms with Crippen LogP contribution in [0, 0.1) is 18.8 Å². The molecular weight excluding hydrogens is 472 g/mol. The van der Waals surface area contributed by atoms with Crippen molar-refractivity contribution < 1.29 is 19.0 Å². The number of esters is 1. The zero-order valence-corrected chi connectivity index (χ0v) is 23.3. The summed E-state index contributed by atoms with van der Waals surface area (Å²) in [6.45, 7) is 7.44. The van der Waals surface area contributed by atoms with Gasteiger partial charge in [-0.1, -0.05) is 54.8 Å². The van der Waals surface area contributed by atoms with Crippen LogP contribution >= 0.6 is 0 Å². The highest BCUT2D eigenvalue weighted by atomic mass is 16.5.